The fourth-order valence-electron chi connectivity index (χ4n) is 2.43. The van der Waals surface area contributed by atoms with Crippen molar-refractivity contribution in [1.29, 1.82) is 0 Å². The molecule has 1 saturated heterocycles. The van der Waals surface area contributed by atoms with Crippen LogP contribution in [0.4, 0.5) is 13.2 Å². The molecule has 1 aliphatic rings. The van der Waals surface area contributed by atoms with E-state index in [4.69, 9.17) is 11.6 Å². The van der Waals surface area contributed by atoms with Crippen molar-refractivity contribution in [2.24, 2.45) is 10.2 Å². The summed E-state index contributed by atoms with van der Waals surface area (Å²) in [7, 11) is 0. The number of carbonyl (C=O) groups is 1. The summed E-state index contributed by atoms with van der Waals surface area (Å²) in [4.78, 5) is 12.1. The summed E-state index contributed by atoms with van der Waals surface area (Å²) in [6.07, 6.45) is -3.15. The van der Waals surface area contributed by atoms with Crippen LogP contribution in [-0.4, -0.2) is 27.6 Å². The number of halogens is 4. The van der Waals surface area contributed by atoms with E-state index < -0.39 is 22.9 Å². The molecular weight excluding hydrogens is 415 g/mol. The number of thioether (sulfide) groups is 1. The molecule has 0 aliphatic carbocycles. The Kier molecular flexibility index (Phi) is 5.95. The molecule has 0 unspecified atom stereocenters. The molecule has 1 fully saturated rings. The van der Waals surface area contributed by atoms with E-state index in [-0.39, 0.29) is 27.9 Å². The number of phenolic OH excluding ortho intramolecular Hbond substituents is 1. The largest absolute Gasteiger partial charge is 0.507 e. The van der Waals surface area contributed by atoms with Crippen molar-refractivity contribution in [2.45, 2.75) is 17.8 Å². The molecule has 28 heavy (non-hydrogen) atoms. The third-order valence-corrected chi connectivity index (χ3v) is 5.28. The molecule has 0 spiro atoms. The predicted octanol–water partition coefficient (Wildman–Crippen LogP) is 4.23. The van der Waals surface area contributed by atoms with E-state index in [0.717, 1.165) is 23.9 Å². The molecule has 0 radical (unpaired) electrons. The third-order valence-electron chi connectivity index (χ3n) is 3.84. The van der Waals surface area contributed by atoms with Crippen LogP contribution in [0.25, 0.3) is 0 Å². The van der Waals surface area contributed by atoms with Gasteiger partial charge in [-0.25, -0.2) is 0 Å². The maximum absolute atomic E-state index is 12.9. The van der Waals surface area contributed by atoms with Crippen molar-refractivity contribution in [3.8, 4) is 5.75 Å². The van der Waals surface area contributed by atoms with Crippen molar-refractivity contribution < 1.29 is 23.1 Å². The molecule has 1 aliphatic heterocycles. The lowest BCUT2D eigenvalue weighted by Crippen LogP contribution is -2.26. The highest BCUT2D eigenvalue weighted by Crippen LogP contribution is 2.33. The van der Waals surface area contributed by atoms with Crippen LogP contribution in [0, 0.1) is 0 Å². The van der Waals surface area contributed by atoms with Crippen LogP contribution < -0.4 is 5.32 Å². The third kappa shape index (κ3) is 4.85. The quantitative estimate of drug-likeness (QED) is 0.566. The van der Waals surface area contributed by atoms with E-state index >= 15 is 0 Å². The van der Waals surface area contributed by atoms with Crippen LogP contribution in [0.5, 0.6) is 5.75 Å². The molecule has 10 heteroatoms. The lowest BCUT2D eigenvalue weighted by Gasteiger charge is -2.12. The van der Waals surface area contributed by atoms with Crippen molar-refractivity contribution in [2.75, 3.05) is 0 Å². The van der Waals surface area contributed by atoms with Gasteiger partial charge in [-0.15, -0.1) is 5.10 Å². The molecule has 2 aromatic rings. The predicted molar refractivity (Wildman–Crippen MR) is 103 cm³/mol. The van der Waals surface area contributed by atoms with Crippen molar-refractivity contribution in [3.05, 3.63) is 64.2 Å². The minimum Gasteiger partial charge on any atom is -0.507 e. The molecule has 146 valence electrons. The Balaban J connectivity index is 1.71. The van der Waals surface area contributed by atoms with Gasteiger partial charge in [0, 0.05) is 10.6 Å². The number of benzene rings is 2. The highest BCUT2D eigenvalue weighted by Gasteiger charge is 2.34. The Morgan fingerprint density at radius 3 is 2.71 bits per heavy atom. The number of alkyl halides is 3. The number of rotatable bonds is 4. The van der Waals surface area contributed by atoms with Gasteiger partial charge in [0.15, 0.2) is 5.17 Å². The van der Waals surface area contributed by atoms with Crippen LogP contribution in [0.15, 0.2) is 52.7 Å². The molecule has 2 aromatic carbocycles. The van der Waals surface area contributed by atoms with Gasteiger partial charge in [0.05, 0.1) is 17.0 Å². The smallest absolute Gasteiger partial charge is 0.416 e. The minimum atomic E-state index is -4.49. The maximum atomic E-state index is 12.9. The Labute approximate surface area is 167 Å². The van der Waals surface area contributed by atoms with Gasteiger partial charge in [0.25, 0.3) is 0 Å². The number of hydrogen-bond acceptors (Lipinski definition) is 5. The lowest BCUT2D eigenvalue weighted by atomic mass is 10.1. The van der Waals surface area contributed by atoms with E-state index in [9.17, 15) is 23.1 Å². The zero-order valence-electron chi connectivity index (χ0n) is 14.1. The van der Waals surface area contributed by atoms with Gasteiger partial charge in [-0.1, -0.05) is 35.5 Å². The van der Waals surface area contributed by atoms with Crippen LogP contribution in [0.2, 0.25) is 5.02 Å². The van der Waals surface area contributed by atoms with Gasteiger partial charge in [-0.2, -0.15) is 18.3 Å². The summed E-state index contributed by atoms with van der Waals surface area (Å²) in [5, 5.41) is 19.6. The number of para-hydroxylation sites is 1. The van der Waals surface area contributed by atoms with Crippen LogP contribution in [0.3, 0.4) is 0 Å². The first-order valence-electron chi connectivity index (χ1n) is 7.96. The number of nitrogens with one attached hydrogen (secondary N) is 1. The van der Waals surface area contributed by atoms with Crippen molar-refractivity contribution in [1.82, 2.24) is 5.32 Å². The summed E-state index contributed by atoms with van der Waals surface area (Å²) < 4.78 is 38.6. The number of hydrogen-bond donors (Lipinski definition) is 2. The minimum absolute atomic E-state index is 0.0153. The standard InChI is InChI=1S/C18H13ClF3N3O2S/c19-13-6-5-12(18(20,21)22)7-11(13)8-15-16(27)24-17(28-15)25-23-9-10-3-1-2-4-14(10)26/h1-7,9,15,26H,8H2,(H,24,25,27)/b23-9-/t15-/m1/s1. The molecule has 3 rings (SSSR count). The zero-order chi connectivity index (χ0) is 20.3. The second kappa shape index (κ2) is 8.24. The summed E-state index contributed by atoms with van der Waals surface area (Å²) in [6.45, 7) is 0. The van der Waals surface area contributed by atoms with E-state index in [2.05, 4.69) is 15.5 Å². The van der Waals surface area contributed by atoms with Crippen LogP contribution >= 0.6 is 23.4 Å². The van der Waals surface area contributed by atoms with E-state index in [1.54, 1.807) is 18.2 Å². The first-order chi connectivity index (χ1) is 13.2. The summed E-state index contributed by atoms with van der Waals surface area (Å²) in [5.74, 6) is -0.360. The second-order valence-electron chi connectivity index (χ2n) is 5.81. The number of amidine groups is 1. The summed E-state index contributed by atoms with van der Waals surface area (Å²) in [6, 6.07) is 9.52. The van der Waals surface area contributed by atoms with Gasteiger partial charge in [0.1, 0.15) is 5.75 Å². The maximum Gasteiger partial charge on any atom is 0.416 e. The fraction of sp³-hybridized carbons (Fsp3) is 0.167. The molecule has 1 heterocycles. The van der Waals surface area contributed by atoms with Crippen molar-refractivity contribution >= 4 is 40.7 Å². The van der Waals surface area contributed by atoms with E-state index in [0.29, 0.717) is 5.56 Å². The number of carbonyl (C=O) groups excluding carboxylic acids is 1. The van der Waals surface area contributed by atoms with Crippen LogP contribution in [-0.2, 0) is 17.4 Å². The molecule has 1 amide bonds. The van der Waals surface area contributed by atoms with Gasteiger partial charge < -0.3 is 10.4 Å². The average molecular weight is 428 g/mol. The SMILES string of the molecule is O=C1N/C(=N/N=C\c2ccccc2O)S[C@@H]1Cc1cc(C(F)(F)F)ccc1Cl. The Morgan fingerprint density at radius 1 is 1.25 bits per heavy atom. The molecule has 0 aromatic heterocycles. The first kappa shape index (κ1) is 20.2. The highest BCUT2D eigenvalue weighted by molar-refractivity contribution is 8.15. The highest BCUT2D eigenvalue weighted by atomic mass is 35.5. The lowest BCUT2D eigenvalue weighted by molar-refractivity contribution is -0.137. The van der Waals surface area contributed by atoms with Gasteiger partial charge >= 0.3 is 6.18 Å². The Hall–Kier alpha value is -2.52. The zero-order valence-corrected chi connectivity index (χ0v) is 15.6. The monoisotopic (exact) mass is 427 g/mol. The molecule has 0 bridgehead atoms. The van der Waals surface area contributed by atoms with Crippen molar-refractivity contribution in [3.63, 3.8) is 0 Å². The summed E-state index contributed by atoms with van der Waals surface area (Å²) >= 11 is 7.04. The number of nitrogens with zero attached hydrogens (tertiary/aromatic N) is 2. The van der Waals surface area contributed by atoms with Gasteiger partial charge in [0.2, 0.25) is 5.91 Å². The first-order valence-corrected chi connectivity index (χ1v) is 9.22. The molecule has 2 N–H and O–H groups in total. The summed E-state index contributed by atoms with van der Waals surface area (Å²) in [5.41, 5.74) is -0.145. The van der Waals surface area contributed by atoms with Gasteiger partial charge in [-0.05, 0) is 42.3 Å². The number of amides is 1. The van der Waals surface area contributed by atoms with E-state index in [1.165, 1.54) is 18.3 Å². The average Bonchev–Trinajstić information content (AvgIpc) is 2.97. The fourth-order valence-corrected chi connectivity index (χ4v) is 3.58. The second-order valence-corrected chi connectivity index (χ2v) is 7.41. The normalized spacial score (nSPS) is 18.8. The molecular formula is C18H13ClF3N3O2S. The topological polar surface area (TPSA) is 74.0 Å². The Morgan fingerprint density at radius 2 is 2.00 bits per heavy atom. The molecule has 0 saturated carbocycles. The van der Waals surface area contributed by atoms with Gasteiger partial charge in [-0.3, -0.25) is 4.79 Å². The number of phenols is 1. The number of aromatic hydroxyl groups is 1. The Bertz CT molecular complexity index is 963. The molecule has 1 atom stereocenters. The van der Waals surface area contributed by atoms with E-state index in [1.807, 2.05) is 0 Å². The van der Waals surface area contributed by atoms with Crippen LogP contribution in [0.1, 0.15) is 16.7 Å². The molecule has 5 nitrogen and oxygen atoms in total.